The third-order valence-electron chi connectivity index (χ3n) is 1.82. The molecule has 0 radical (unpaired) electrons. The first kappa shape index (κ1) is 11.5. The van der Waals surface area contributed by atoms with Gasteiger partial charge in [-0.3, -0.25) is 0 Å². The molecule has 1 aromatic heterocycles. The largest absolute Gasteiger partial charge is 0.381 e. The molecular weight excluding hydrogens is 196 g/mol. The predicted octanol–water partition coefficient (Wildman–Crippen LogP) is 2.76. The lowest BCUT2D eigenvalue weighted by Gasteiger charge is -2.03. The molecule has 0 aliphatic carbocycles. The zero-order valence-corrected chi connectivity index (χ0v) is 9.48. The Bertz CT molecular complexity index is 214. The summed E-state index contributed by atoms with van der Waals surface area (Å²) in [6, 6.07) is 0. The maximum absolute atomic E-state index is 5.44. The van der Waals surface area contributed by atoms with E-state index in [0.717, 1.165) is 31.3 Å². The lowest BCUT2D eigenvalue weighted by Crippen LogP contribution is -2.05. The second-order valence-electron chi connectivity index (χ2n) is 3.08. The molecule has 4 heteroatoms. The molecule has 0 spiro atoms. The molecule has 1 heterocycles. The van der Waals surface area contributed by atoms with Crippen molar-refractivity contribution in [3.63, 3.8) is 0 Å². The van der Waals surface area contributed by atoms with Gasteiger partial charge in [0.05, 0.1) is 0 Å². The summed E-state index contributed by atoms with van der Waals surface area (Å²) in [6.07, 6.45) is 5.23. The van der Waals surface area contributed by atoms with Gasteiger partial charge in [-0.05, 0) is 12.8 Å². The molecule has 0 saturated heterocycles. The summed E-state index contributed by atoms with van der Waals surface area (Å²) >= 11 is 1.63. The Kier molecular flexibility index (Phi) is 6.36. The molecule has 1 rings (SSSR count). The van der Waals surface area contributed by atoms with Crippen LogP contribution in [0.5, 0.6) is 0 Å². The molecule has 0 aromatic carbocycles. The fourth-order valence-electron chi connectivity index (χ4n) is 1.03. The summed E-state index contributed by atoms with van der Waals surface area (Å²) in [7, 11) is 0. The van der Waals surface area contributed by atoms with Crippen LogP contribution in [0.4, 0.5) is 5.13 Å². The number of ether oxygens (including phenoxy) is 1. The van der Waals surface area contributed by atoms with E-state index < -0.39 is 0 Å². The minimum atomic E-state index is 0.846. The van der Waals surface area contributed by atoms with Crippen molar-refractivity contribution in [2.24, 2.45) is 0 Å². The van der Waals surface area contributed by atoms with Gasteiger partial charge in [-0.2, -0.15) is 0 Å². The fourth-order valence-corrected chi connectivity index (χ4v) is 1.59. The Morgan fingerprint density at radius 3 is 3.00 bits per heavy atom. The maximum atomic E-state index is 5.44. The fraction of sp³-hybridized carbons (Fsp3) is 0.700. The molecular formula is C10H18N2OS. The number of hydrogen-bond donors (Lipinski definition) is 1. The molecule has 0 fully saturated rings. The Hall–Kier alpha value is -0.610. The SMILES string of the molecule is CCCCOCCCNc1nccs1. The number of anilines is 1. The van der Waals surface area contributed by atoms with Gasteiger partial charge in [0.15, 0.2) is 5.13 Å². The summed E-state index contributed by atoms with van der Waals surface area (Å²) in [5, 5.41) is 6.21. The van der Waals surface area contributed by atoms with E-state index in [1.54, 1.807) is 11.3 Å². The van der Waals surface area contributed by atoms with Crippen molar-refractivity contribution in [1.29, 1.82) is 0 Å². The molecule has 0 amide bonds. The molecule has 1 aromatic rings. The minimum Gasteiger partial charge on any atom is -0.381 e. The van der Waals surface area contributed by atoms with Crippen LogP contribution < -0.4 is 5.32 Å². The van der Waals surface area contributed by atoms with Crippen LogP contribution in [0.3, 0.4) is 0 Å². The normalized spacial score (nSPS) is 10.4. The van der Waals surface area contributed by atoms with Gasteiger partial charge >= 0.3 is 0 Å². The number of thiazole rings is 1. The highest BCUT2D eigenvalue weighted by Crippen LogP contribution is 2.09. The van der Waals surface area contributed by atoms with Gasteiger partial charge in [0, 0.05) is 31.3 Å². The molecule has 0 saturated carbocycles. The summed E-state index contributed by atoms with van der Waals surface area (Å²) in [6.45, 7) is 4.86. The van der Waals surface area contributed by atoms with Crippen LogP contribution in [-0.2, 0) is 4.74 Å². The number of nitrogens with zero attached hydrogens (tertiary/aromatic N) is 1. The Morgan fingerprint density at radius 2 is 2.29 bits per heavy atom. The molecule has 0 atom stereocenters. The third-order valence-corrected chi connectivity index (χ3v) is 2.55. The lowest BCUT2D eigenvalue weighted by atomic mass is 10.4. The topological polar surface area (TPSA) is 34.1 Å². The van der Waals surface area contributed by atoms with E-state index in [0.29, 0.717) is 0 Å². The smallest absolute Gasteiger partial charge is 0.182 e. The zero-order valence-electron chi connectivity index (χ0n) is 8.66. The minimum absolute atomic E-state index is 0.846. The van der Waals surface area contributed by atoms with Crippen molar-refractivity contribution >= 4 is 16.5 Å². The number of hydrogen-bond acceptors (Lipinski definition) is 4. The van der Waals surface area contributed by atoms with Crippen molar-refractivity contribution in [3.8, 4) is 0 Å². The average molecular weight is 214 g/mol. The Morgan fingerprint density at radius 1 is 1.43 bits per heavy atom. The molecule has 14 heavy (non-hydrogen) atoms. The van der Waals surface area contributed by atoms with Crippen LogP contribution >= 0.6 is 11.3 Å². The van der Waals surface area contributed by atoms with Gasteiger partial charge in [0.2, 0.25) is 0 Å². The first-order chi connectivity index (χ1) is 6.93. The summed E-state index contributed by atoms with van der Waals surface area (Å²) < 4.78 is 5.44. The summed E-state index contributed by atoms with van der Waals surface area (Å²) in [5.41, 5.74) is 0. The van der Waals surface area contributed by atoms with Crippen molar-refractivity contribution < 1.29 is 4.74 Å². The molecule has 0 unspecified atom stereocenters. The van der Waals surface area contributed by atoms with Crippen LogP contribution in [0, 0.1) is 0 Å². The lowest BCUT2D eigenvalue weighted by molar-refractivity contribution is 0.131. The zero-order chi connectivity index (χ0) is 10.1. The van der Waals surface area contributed by atoms with Gasteiger partial charge in [0.1, 0.15) is 0 Å². The second-order valence-corrected chi connectivity index (χ2v) is 3.98. The van der Waals surface area contributed by atoms with Crippen molar-refractivity contribution in [2.45, 2.75) is 26.2 Å². The average Bonchev–Trinajstić information content (AvgIpc) is 2.69. The van der Waals surface area contributed by atoms with Crippen LogP contribution in [0.2, 0.25) is 0 Å². The predicted molar refractivity (Wildman–Crippen MR) is 60.9 cm³/mol. The molecule has 80 valence electrons. The van der Waals surface area contributed by atoms with Crippen LogP contribution in [0.15, 0.2) is 11.6 Å². The van der Waals surface area contributed by atoms with Crippen LogP contribution in [0.25, 0.3) is 0 Å². The Labute approximate surface area is 89.5 Å². The molecule has 3 nitrogen and oxygen atoms in total. The van der Waals surface area contributed by atoms with E-state index in [1.165, 1.54) is 12.8 Å². The van der Waals surface area contributed by atoms with Crippen molar-refractivity contribution in [2.75, 3.05) is 25.1 Å². The van der Waals surface area contributed by atoms with Crippen LogP contribution in [-0.4, -0.2) is 24.7 Å². The van der Waals surface area contributed by atoms with Gasteiger partial charge in [-0.25, -0.2) is 4.98 Å². The van der Waals surface area contributed by atoms with Gasteiger partial charge in [0.25, 0.3) is 0 Å². The summed E-state index contributed by atoms with van der Waals surface area (Å²) in [5.74, 6) is 0. The standard InChI is InChI=1S/C10H18N2OS/c1-2-3-7-13-8-4-5-11-10-12-6-9-14-10/h6,9H,2-5,7-8H2,1H3,(H,11,12). The van der Waals surface area contributed by atoms with E-state index in [9.17, 15) is 0 Å². The maximum Gasteiger partial charge on any atom is 0.182 e. The quantitative estimate of drug-likeness (QED) is 0.676. The molecule has 0 aliphatic heterocycles. The van der Waals surface area contributed by atoms with Crippen LogP contribution in [0.1, 0.15) is 26.2 Å². The summed E-state index contributed by atoms with van der Waals surface area (Å²) in [4.78, 5) is 4.13. The van der Waals surface area contributed by atoms with Gasteiger partial charge in [-0.15, -0.1) is 11.3 Å². The number of unbranched alkanes of at least 4 members (excludes halogenated alkanes) is 1. The highest BCUT2D eigenvalue weighted by atomic mass is 32.1. The molecule has 0 bridgehead atoms. The van der Waals surface area contributed by atoms with Gasteiger partial charge < -0.3 is 10.1 Å². The Balaban J connectivity index is 1.85. The first-order valence-electron chi connectivity index (χ1n) is 5.14. The second kappa shape index (κ2) is 7.76. The van der Waals surface area contributed by atoms with E-state index in [2.05, 4.69) is 17.2 Å². The van der Waals surface area contributed by atoms with E-state index in [-0.39, 0.29) is 0 Å². The van der Waals surface area contributed by atoms with E-state index in [4.69, 9.17) is 4.74 Å². The molecule has 1 N–H and O–H groups in total. The third kappa shape index (κ3) is 5.19. The molecule has 0 aliphatic rings. The monoisotopic (exact) mass is 214 g/mol. The van der Waals surface area contributed by atoms with Crippen molar-refractivity contribution in [3.05, 3.63) is 11.6 Å². The highest BCUT2D eigenvalue weighted by Gasteiger charge is 1.93. The van der Waals surface area contributed by atoms with Gasteiger partial charge in [-0.1, -0.05) is 13.3 Å². The highest BCUT2D eigenvalue weighted by molar-refractivity contribution is 7.13. The first-order valence-corrected chi connectivity index (χ1v) is 6.02. The number of rotatable bonds is 8. The van der Waals surface area contributed by atoms with E-state index in [1.807, 2.05) is 11.6 Å². The number of nitrogens with one attached hydrogen (secondary N) is 1. The number of aromatic nitrogens is 1. The van der Waals surface area contributed by atoms with E-state index >= 15 is 0 Å². The van der Waals surface area contributed by atoms with Crippen molar-refractivity contribution in [1.82, 2.24) is 4.98 Å².